The quantitative estimate of drug-likeness (QED) is 0.274. The van der Waals surface area contributed by atoms with E-state index in [0.29, 0.717) is 12.1 Å². The standard InChI is InChI=1S/C27H22N6O2/c1-2-3-26(34)30-19-8-18(11-28-12-19)16-4-5-23-21(9-16)27(33-32-23)24-10-20-22(17-6-7-35-15-17)13-29-14-25(20)31-24/h4-15,31H,2-3H2,1H3,(H,30,34)(H,32,33). The molecule has 8 heteroatoms. The highest BCUT2D eigenvalue weighted by atomic mass is 16.3. The summed E-state index contributed by atoms with van der Waals surface area (Å²) in [5, 5.41) is 12.7. The Balaban J connectivity index is 1.40. The summed E-state index contributed by atoms with van der Waals surface area (Å²) in [6, 6.07) is 12.1. The molecule has 0 aliphatic heterocycles. The first kappa shape index (κ1) is 20.9. The van der Waals surface area contributed by atoms with E-state index in [-0.39, 0.29) is 5.91 Å². The lowest BCUT2D eigenvalue weighted by Gasteiger charge is -2.07. The molecule has 0 saturated carbocycles. The van der Waals surface area contributed by atoms with Crippen molar-refractivity contribution in [2.24, 2.45) is 0 Å². The van der Waals surface area contributed by atoms with Crippen molar-refractivity contribution in [1.82, 2.24) is 25.1 Å². The molecule has 0 atom stereocenters. The van der Waals surface area contributed by atoms with Crippen molar-refractivity contribution in [3.8, 4) is 33.6 Å². The molecular weight excluding hydrogens is 440 g/mol. The number of H-pyrrole nitrogens is 2. The van der Waals surface area contributed by atoms with Crippen LogP contribution in [-0.2, 0) is 4.79 Å². The zero-order valence-corrected chi connectivity index (χ0v) is 19.0. The highest BCUT2D eigenvalue weighted by Crippen LogP contribution is 2.35. The van der Waals surface area contributed by atoms with Crippen molar-refractivity contribution in [1.29, 1.82) is 0 Å². The fourth-order valence-electron chi connectivity index (χ4n) is 4.34. The summed E-state index contributed by atoms with van der Waals surface area (Å²) in [6.45, 7) is 1.98. The fourth-order valence-corrected chi connectivity index (χ4v) is 4.34. The number of carbonyl (C=O) groups is 1. The van der Waals surface area contributed by atoms with E-state index in [9.17, 15) is 4.79 Å². The van der Waals surface area contributed by atoms with Gasteiger partial charge in [0.1, 0.15) is 5.69 Å². The molecular formula is C27H22N6O2. The molecule has 35 heavy (non-hydrogen) atoms. The van der Waals surface area contributed by atoms with Crippen LogP contribution in [0.3, 0.4) is 0 Å². The van der Waals surface area contributed by atoms with Gasteiger partial charge in [-0.25, -0.2) is 0 Å². The van der Waals surface area contributed by atoms with Gasteiger partial charge < -0.3 is 14.7 Å². The number of fused-ring (bicyclic) bond motifs is 2. The Labute approximate surface area is 200 Å². The lowest BCUT2D eigenvalue weighted by atomic mass is 10.0. The van der Waals surface area contributed by atoms with Crippen LogP contribution in [-0.4, -0.2) is 31.1 Å². The summed E-state index contributed by atoms with van der Waals surface area (Å²) >= 11 is 0. The molecule has 0 radical (unpaired) electrons. The summed E-state index contributed by atoms with van der Waals surface area (Å²) in [6.07, 6.45) is 11.8. The molecule has 172 valence electrons. The van der Waals surface area contributed by atoms with Crippen molar-refractivity contribution in [2.45, 2.75) is 19.8 Å². The average molecular weight is 463 g/mol. The number of furan rings is 1. The van der Waals surface area contributed by atoms with Gasteiger partial charge in [0, 0.05) is 46.3 Å². The zero-order valence-electron chi connectivity index (χ0n) is 19.0. The fraction of sp³-hybridized carbons (Fsp3) is 0.111. The number of anilines is 1. The first-order chi connectivity index (χ1) is 17.2. The Hall–Kier alpha value is -4.72. The summed E-state index contributed by atoms with van der Waals surface area (Å²) in [7, 11) is 0. The van der Waals surface area contributed by atoms with Gasteiger partial charge in [0.25, 0.3) is 0 Å². The van der Waals surface area contributed by atoms with Gasteiger partial charge in [0.05, 0.1) is 47.3 Å². The number of benzene rings is 1. The molecule has 1 amide bonds. The Bertz CT molecular complexity index is 1660. The van der Waals surface area contributed by atoms with E-state index in [0.717, 1.165) is 61.9 Å². The highest BCUT2D eigenvalue weighted by molar-refractivity contribution is 6.01. The third-order valence-electron chi connectivity index (χ3n) is 6.03. The Morgan fingerprint density at radius 3 is 2.71 bits per heavy atom. The Morgan fingerprint density at radius 2 is 1.86 bits per heavy atom. The molecule has 3 N–H and O–H groups in total. The molecule has 0 fully saturated rings. The predicted octanol–water partition coefficient (Wildman–Crippen LogP) is 6.17. The molecule has 0 aliphatic carbocycles. The number of rotatable bonds is 6. The largest absolute Gasteiger partial charge is 0.472 e. The first-order valence-electron chi connectivity index (χ1n) is 11.4. The van der Waals surface area contributed by atoms with E-state index in [4.69, 9.17) is 4.42 Å². The number of hydrogen-bond acceptors (Lipinski definition) is 5. The predicted molar refractivity (Wildman–Crippen MR) is 136 cm³/mol. The van der Waals surface area contributed by atoms with E-state index < -0.39 is 0 Å². The van der Waals surface area contributed by atoms with Crippen molar-refractivity contribution in [3.63, 3.8) is 0 Å². The number of aromatic amines is 2. The molecule has 0 saturated heterocycles. The van der Waals surface area contributed by atoms with Crippen LogP contribution in [0, 0.1) is 0 Å². The Kier molecular flexibility index (Phi) is 5.11. The monoisotopic (exact) mass is 462 g/mol. The van der Waals surface area contributed by atoms with E-state index >= 15 is 0 Å². The second-order valence-corrected chi connectivity index (χ2v) is 8.44. The van der Waals surface area contributed by atoms with Crippen LogP contribution in [0.1, 0.15) is 19.8 Å². The minimum Gasteiger partial charge on any atom is -0.472 e. The van der Waals surface area contributed by atoms with Crippen molar-refractivity contribution < 1.29 is 9.21 Å². The van der Waals surface area contributed by atoms with Crippen LogP contribution in [0.4, 0.5) is 5.69 Å². The summed E-state index contributed by atoms with van der Waals surface area (Å²) in [5.41, 5.74) is 8.10. The maximum absolute atomic E-state index is 12.0. The normalized spacial score (nSPS) is 11.3. The minimum atomic E-state index is -0.0119. The summed E-state index contributed by atoms with van der Waals surface area (Å²) < 4.78 is 5.27. The smallest absolute Gasteiger partial charge is 0.224 e. The highest BCUT2D eigenvalue weighted by Gasteiger charge is 2.15. The third kappa shape index (κ3) is 3.85. The lowest BCUT2D eigenvalue weighted by Crippen LogP contribution is -2.10. The maximum atomic E-state index is 12.0. The molecule has 6 aromatic rings. The molecule has 0 bridgehead atoms. The number of amides is 1. The van der Waals surface area contributed by atoms with Gasteiger partial charge in [0.15, 0.2) is 0 Å². The van der Waals surface area contributed by atoms with Gasteiger partial charge in [-0.2, -0.15) is 5.10 Å². The van der Waals surface area contributed by atoms with E-state index in [1.165, 1.54) is 0 Å². The average Bonchev–Trinajstić information content (AvgIpc) is 3.63. The molecule has 0 unspecified atom stereocenters. The first-order valence-corrected chi connectivity index (χ1v) is 11.4. The lowest BCUT2D eigenvalue weighted by molar-refractivity contribution is -0.116. The summed E-state index contributed by atoms with van der Waals surface area (Å²) in [4.78, 5) is 24.2. The second kappa shape index (κ2) is 8.57. The van der Waals surface area contributed by atoms with Gasteiger partial charge in [-0.1, -0.05) is 13.0 Å². The van der Waals surface area contributed by atoms with Gasteiger partial charge >= 0.3 is 0 Å². The third-order valence-corrected chi connectivity index (χ3v) is 6.03. The molecule has 5 heterocycles. The van der Waals surface area contributed by atoms with Crippen LogP contribution in [0.2, 0.25) is 0 Å². The maximum Gasteiger partial charge on any atom is 0.224 e. The topological polar surface area (TPSA) is 112 Å². The van der Waals surface area contributed by atoms with Gasteiger partial charge in [-0.3, -0.25) is 19.9 Å². The second-order valence-electron chi connectivity index (χ2n) is 8.44. The molecule has 5 aromatic heterocycles. The number of aromatic nitrogens is 5. The molecule has 1 aromatic carbocycles. The van der Waals surface area contributed by atoms with E-state index in [1.54, 1.807) is 24.9 Å². The van der Waals surface area contributed by atoms with Crippen molar-refractivity contribution in [3.05, 3.63) is 73.7 Å². The van der Waals surface area contributed by atoms with Crippen molar-refractivity contribution >= 4 is 33.4 Å². The number of nitrogens with zero attached hydrogens (tertiary/aromatic N) is 3. The number of hydrogen-bond donors (Lipinski definition) is 3. The van der Waals surface area contributed by atoms with Crippen LogP contribution >= 0.6 is 0 Å². The van der Waals surface area contributed by atoms with Crippen LogP contribution < -0.4 is 5.32 Å². The van der Waals surface area contributed by atoms with Crippen LogP contribution in [0.15, 0.2) is 78.1 Å². The van der Waals surface area contributed by atoms with Crippen molar-refractivity contribution in [2.75, 3.05) is 5.32 Å². The van der Waals surface area contributed by atoms with Crippen LogP contribution in [0.25, 0.3) is 55.4 Å². The number of carbonyl (C=O) groups excluding carboxylic acids is 1. The molecule has 0 spiro atoms. The number of nitrogens with one attached hydrogen (secondary N) is 3. The summed E-state index contributed by atoms with van der Waals surface area (Å²) in [5.74, 6) is -0.0119. The molecule has 8 nitrogen and oxygen atoms in total. The van der Waals surface area contributed by atoms with Gasteiger partial charge in [0.2, 0.25) is 5.91 Å². The molecule has 6 rings (SSSR count). The minimum absolute atomic E-state index is 0.0119. The number of pyridine rings is 2. The van der Waals surface area contributed by atoms with Gasteiger partial charge in [-0.05, 0) is 42.3 Å². The van der Waals surface area contributed by atoms with E-state index in [1.807, 2.05) is 43.6 Å². The SMILES string of the molecule is CCCC(=O)Nc1cncc(-c2ccc3[nH]nc(-c4cc5c(-c6ccoc6)cncc5[nH]4)c3c2)c1. The van der Waals surface area contributed by atoms with Gasteiger partial charge in [-0.15, -0.1) is 0 Å². The molecule has 0 aliphatic rings. The van der Waals surface area contributed by atoms with E-state index in [2.05, 4.69) is 42.6 Å². The van der Waals surface area contributed by atoms with Crippen LogP contribution in [0.5, 0.6) is 0 Å². The zero-order chi connectivity index (χ0) is 23.8. The Morgan fingerprint density at radius 1 is 0.943 bits per heavy atom.